The maximum atomic E-state index is 13.6. The number of pyridine rings is 1. The van der Waals surface area contributed by atoms with E-state index in [1.807, 2.05) is 17.0 Å². The highest BCUT2D eigenvalue weighted by Gasteiger charge is 2.30. The average molecular weight is 580 g/mol. The Labute approximate surface area is 238 Å². The molecule has 3 N–H and O–H groups in total. The lowest BCUT2D eigenvalue weighted by atomic mass is 10.0. The maximum absolute atomic E-state index is 13.6. The van der Waals surface area contributed by atoms with Crippen LogP contribution in [0.25, 0.3) is 16.8 Å². The Balaban J connectivity index is 1.26. The van der Waals surface area contributed by atoms with Crippen LogP contribution in [0, 0.1) is 11.3 Å². The predicted octanol–water partition coefficient (Wildman–Crippen LogP) is 3.48. The molecule has 2 aliphatic heterocycles. The third-order valence-electron chi connectivity index (χ3n) is 7.34. The standard InChI is InChI=1S/C27H27F2N9O2S/c28-25(29)22-11-21(36-6-8-40-9-7-36)24(41-22)27(39)35-18-2-1-5-37(14-18)20-10-19(16-3-4-17(12-30)32-13-16)38-23(20)26(31)33-15-34-38/h3-4,10-11,13,15,18,25H,1-2,5-9,14H2,(H,35,39)(H2,31,33,34). The van der Waals surface area contributed by atoms with Gasteiger partial charge < -0.3 is 25.6 Å². The zero-order valence-electron chi connectivity index (χ0n) is 22.0. The molecule has 6 rings (SSSR count). The Morgan fingerprint density at radius 2 is 2.00 bits per heavy atom. The van der Waals surface area contributed by atoms with Crippen molar-refractivity contribution in [2.45, 2.75) is 25.3 Å². The van der Waals surface area contributed by atoms with E-state index in [2.05, 4.69) is 25.3 Å². The summed E-state index contributed by atoms with van der Waals surface area (Å²) in [6, 6.07) is 8.63. The van der Waals surface area contributed by atoms with E-state index in [1.54, 1.807) is 22.8 Å². The summed E-state index contributed by atoms with van der Waals surface area (Å²) in [6.45, 7) is 3.26. The van der Waals surface area contributed by atoms with E-state index in [0.717, 1.165) is 47.7 Å². The van der Waals surface area contributed by atoms with Crippen molar-refractivity contribution in [3.05, 3.63) is 52.2 Å². The fourth-order valence-electron chi connectivity index (χ4n) is 5.38. The summed E-state index contributed by atoms with van der Waals surface area (Å²) in [5.74, 6) is -0.0496. The minimum absolute atomic E-state index is 0.123. The highest BCUT2D eigenvalue weighted by atomic mass is 32.1. The van der Waals surface area contributed by atoms with E-state index in [0.29, 0.717) is 60.4 Å². The highest BCUT2D eigenvalue weighted by molar-refractivity contribution is 7.14. The number of fused-ring (bicyclic) bond motifs is 1. The number of anilines is 3. The normalized spacial score (nSPS) is 17.7. The summed E-state index contributed by atoms with van der Waals surface area (Å²) in [5.41, 5.74) is 10.1. The first-order valence-corrected chi connectivity index (χ1v) is 14.0. The number of nitrogens with zero attached hydrogens (tertiary/aromatic N) is 7. The summed E-state index contributed by atoms with van der Waals surface area (Å²) < 4.78 is 34.3. The van der Waals surface area contributed by atoms with Crippen LogP contribution in [0.1, 0.15) is 39.5 Å². The van der Waals surface area contributed by atoms with Crippen LogP contribution in [-0.2, 0) is 4.74 Å². The van der Waals surface area contributed by atoms with Gasteiger partial charge >= 0.3 is 0 Å². The van der Waals surface area contributed by atoms with Crippen molar-refractivity contribution >= 4 is 40.0 Å². The lowest BCUT2D eigenvalue weighted by molar-refractivity contribution is 0.0936. The van der Waals surface area contributed by atoms with E-state index < -0.39 is 6.43 Å². The first-order valence-electron chi connectivity index (χ1n) is 13.2. The molecule has 4 aromatic heterocycles. The number of halogens is 2. The molecule has 212 valence electrons. The van der Waals surface area contributed by atoms with Crippen LogP contribution in [0.15, 0.2) is 36.8 Å². The molecule has 2 aliphatic rings. The first-order chi connectivity index (χ1) is 19.9. The maximum Gasteiger partial charge on any atom is 0.272 e. The van der Waals surface area contributed by atoms with Crippen molar-refractivity contribution in [2.75, 3.05) is 54.9 Å². The van der Waals surface area contributed by atoms with Crippen molar-refractivity contribution in [1.29, 1.82) is 5.26 Å². The van der Waals surface area contributed by atoms with Crippen LogP contribution in [0.4, 0.5) is 26.0 Å². The van der Waals surface area contributed by atoms with Crippen LogP contribution in [0.5, 0.6) is 0 Å². The smallest absolute Gasteiger partial charge is 0.272 e. The molecule has 0 saturated carbocycles. The zero-order chi connectivity index (χ0) is 28.5. The molecular weight excluding hydrogens is 552 g/mol. The summed E-state index contributed by atoms with van der Waals surface area (Å²) in [4.78, 5) is 26.1. The summed E-state index contributed by atoms with van der Waals surface area (Å²) in [5, 5.41) is 16.6. The lowest BCUT2D eigenvalue weighted by Gasteiger charge is -2.34. The number of nitriles is 1. The summed E-state index contributed by atoms with van der Waals surface area (Å²) in [6.07, 6.45) is 1.89. The van der Waals surface area contributed by atoms with Crippen molar-refractivity contribution in [3.8, 4) is 17.3 Å². The third-order valence-corrected chi connectivity index (χ3v) is 8.47. The van der Waals surface area contributed by atoms with Crippen molar-refractivity contribution in [3.63, 3.8) is 0 Å². The number of ether oxygens (including phenoxy) is 1. The number of piperidine rings is 1. The molecule has 1 amide bonds. The molecule has 2 fully saturated rings. The Morgan fingerprint density at radius 3 is 2.73 bits per heavy atom. The van der Waals surface area contributed by atoms with Crippen LogP contribution in [0.3, 0.4) is 0 Å². The van der Waals surface area contributed by atoms with Gasteiger partial charge in [0.05, 0.1) is 35.2 Å². The van der Waals surface area contributed by atoms with Gasteiger partial charge in [-0.3, -0.25) is 4.79 Å². The van der Waals surface area contributed by atoms with Crippen LogP contribution < -0.4 is 20.9 Å². The molecule has 6 heterocycles. The van der Waals surface area contributed by atoms with E-state index in [4.69, 9.17) is 15.7 Å². The Kier molecular flexibility index (Phi) is 7.38. The number of thiophene rings is 1. The molecule has 0 spiro atoms. The number of carbonyl (C=O) groups excluding carboxylic acids is 1. The second kappa shape index (κ2) is 11.3. The number of nitrogens with two attached hydrogens (primary N) is 1. The molecule has 2 saturated heterocycles. The first kappa shape index (κ1) is 26.9. The van der Waals surface area contributed by atoms with Gasteiger partial charge in [-0.05, 0) is 37.1 Å². The molecule has 1 atom stereocenters. The monoisotopic (exact) mass is 579 g/mol. The molecule has 0 radical (unpaired) electrons. The van der Waals surface area contributed by atoms with E-state index in [-0.39, 0.29) is 16.8 Å². The van der Waals surface area contributed by atoms with E-state index in [1.165, 1.54) is 12.4 Å². The zero-order valence-corrected chi connectivity index (χ0v) is 22.8. The van der Waals surface area contributed by atoms with Crippen molar-refractivity contribution in [1.82, 2.24) is 24.9 Å². The Bertz CT molecular complexity index is 1610. The van der Waals surface area contributed by atoms with Gasteiger partial charge in [0.25, 0.3) is 12.3 Å². The number of hydrogen-bond acceptors (Lipinski definition) is 10. The summed E-state index contributed by atoms with van der Waals surface area (Å²) >= 11 is 0.842. The minimum atomic E-state index is -2.65. The largest absolute Gasteiger partial charge is 0.382 e. The molecule has 14 heteroatoms. The van der Waals surface area contributed by atoms with E-state index >= 15 is 0 Å². The number of carbonyl (C=O) groups is 1. The van der Waals surface area contributed by atoms with Crippen LogP contribution in [0.2, 0.25) is 0 Å². The second-order valence-electron chi connectivity index (χ2n) is 9.89. The number of nitrogen functional groups attached to an aromatic ring is 1. The number of alkyl halides is 2. The number of rotatable bonds is 6. The van der Waals surface area contributed by atoms with E-state index in [9.17, 15) is 13.6 Å². The van der Waals surface area contributed by atoms with Gasteiger partial charge in [-0.15, -0.1) is 11.3 Å². The van der Waals surface area contributed by atoms with Crippen molar-refractivity contribution in [2.24, 2.45) is 0 Å². The fraction of sp³-hybridized carbons (Fsp3) is 0.370. The predicted molar refractivity (Wildman–Crippen MR) is 150 cm³/mol. The third kappa shape index (κ3) is 5.25. The van der Waals surface area contributed by atoms with Gasteiger partial charge in [-0.2, -0.15) is 10.4 Å². The topological polar surface area (TPSA) is 138 Å². The van der Waals surface area contributed by atoms with Gasteiger partial charge in [-0.1, -0.05) is 0 Å². The quantitative estimate of drug-likeness (QED) is 0.352. The molecular formula is C27H27F2N9O2S. The van der Waals surface area contributed by atoms with Gasteiger partial charge in [-0.25, -0.2) is 23.3 Å². The minimum Gasteiger partial charge on any atom is -0.382 e. The van der Waals surface area contributed by atoms with Gasteiger partial charge in [0.1, 0.15) is 28.5 Å². The molecule has 41 heavy (non-hydrogen) atoms. The number of hydrogen-bond donors (Lipinski definition) is 2. The van der Waals surface area contributed by atoms with Crippen molar-refractivity contribution < 1.29 is 18.3 Å². The van der Waals surface area contributed by atoms with Gasteiger partial charge in [0.15, 0.2) is 5.82 Å². The van der Waals surface area contributed by atoms with Gasteiger partial charge in [0, 0.05) is 44.0 Å². The molecule has 0 aromatic carbocycles. The number of nitrogens with one attached hydrogen (secondary N) is 1. The second-order valence-corrected chi connectivity index (χ2v) is 11.0. The number of amides is 1. The van der Waals surface area contributed by atoms with Crippen LogP contribution in [-0.4, -0.2) is 70.9 Å². The molecule has 4 aromatic rings. The van der Waals surface area contributed by atoms with Gasteiger partial charge in [0.2, 0.25) is 0 Å². The molecule has 11 nitrogen and oxygen atoms in total. The number of aromatic nitrogens is 4. The Morgan fingerprint density at radius 1 is 1.17 bits per heavy atom. The molecule has 0 aliphatic carbocycles. The fourth-order valence-corrected chi connectivity index (χ4v) is 6.32. The highest BCUT2D eigenvalue weighted by Crippen LogP contribution is 2.37. The Hall–Kier alpha value is -4.35. The van der Waals surface area contributed by atoms with Crippen LogP contribution >= 0.6 is 11.3 Å². The average Bonchev–Trinajstić information content (AvgIpc) is 3.62. The lowest BCUT2D eigenvalue weighted by Crippen LogP contribution is -2.48. The number of morpholine rings is 1. The SMILES string of the molecule is N#Cc1ccc(-c2cc(N3CCCC(NC(=O)c4sc(C(F)F)cc4N4CCOCC4)C3)c3c(N)ncnn23)cn1. The molecule has 0 bridgehead atoms. The summed E-state index contributed by atoms with van der Waals surface area (Å²) in [7, 11) is 0. The molecule has 1 unspecified atom stereocenters.